The first-order chi connectivity index (χ1) is 13.9. The van der Waals surface area contributed by atoms with Crippen molar-refractivity contribution < 1.29 is 19.1 Å². The van der Waals surface area contributed by atoms with Crippen LogP contribution in [0.4, 0.5) is 0 Å². The molecule has 2 aromatic carbocycles. The predicted molar refractivity (Wildman–Crippen MR) is 116 cm³/mol. The maximum atomic E-state index is 12.0. The quantitative estimate of drug-likeness (QED) is 0.336. The smallest absolute Gasteiger partial charge is 0.269 e. The molecule has 0 unspecified atom stereocenters. The number of benzene rings is 2. The zero-order valence-corrected chi connectivity index (χ0v) is 17.8. The molecular formula is C19H19Cl2N3O4S. The van der Waals surface area contributed by atoms with Gasteiger partial charge in [-0.25, -0.2) is 0 Å². The van der Waals surface area contributed by atoms with Crippen LogP contribution in [0.1, 0.15) is 23.2 Å². The Kier molecular flexibility index (Phi) is 8.98. The van der Waals surface area contributed by atoms with Gasteiger partial charge in [0, 0.05) is 17.0 Å². The first kappa shape index (κ1) is 22.7. The average Bonchev–Trinajstić information content (AvgIpc) is 2.70. The van der Waals surface area contributed by atoms with Gasteiger partial charge in [0.1, 0.15) is 11.5 Å². The van der Waals surface area contributed by atoms with Crippen molar-refractivity contribution in [3.05, 3.63) is 58.1 Å². The van der Waals surface area contributed by atoms with Gasteiger partial charge >= 0.3 is 0 Å². The Morgan fingerprint density at radius 2 is 1.79 bits per heavy atom. The van der Waals surface area contributed by atoms with Gasteiger partial charge in [0.15, 0.2) is 5.11 Å². The molecular weight excluding hydrogens is 437 g/mol. The van der Waals surface area contributed by atoms with Crippen LogP contribution in [0.3, 0.4) is 0 Å². The fourth-order valence-corrected chi connectivity index (χ4v) is 2.78. The van der Waals surface area contributed by atoms with Crippen molar-refractivity contribution >= 4 is 52.3 Å². The second kappa shape index (κ2) is 11.5. The van der Waals surface area contributed by atoms with Crippen LogP contribution < -0.4 is 25.6 Å². The van der Waals surface area contributed by atoms with Gasteiger partial charge in [-0.1, -0.05) is 23.2 Å². The molecule has 0 aromatic heterocycles. The van der Waals surface area contributed by atoms with Crippen LogP contribution in [0, 0.1) is 0 Å². The van der Waals surface area contributed by atoms with Crippen molar-refractivity contribution in [1.82, 2.24) is 16.2 Å². The monoisotopic (exact) mass is 455 g/mol. The van der Waals surface area contributed by atoms with Gasteiger partial charge in [-0.2, -0.15) is 0 Å². The van der Waals surface area contributed by atoms with E-state index in [1.165, 1.54) is 7.11 Å². The van der Waals surface area contributed by atoms with Crippen LogP contribution in [0.2, 0.25) is 10.0 Å². The normalized spacial score (nSPS) is 10.0. The topological polar surface area (TPSA) is 88.7 Å². The zero-order valence-electron chi connectivity index (χ0n) is 15.5. The molecule has 29 heavy (non-hydrogen) atoms. The number of carbonyl (C=O) groups excluding carboxylic acids is 2. The van der Waals surface area contributed by atoms with Crippen molar-refractivity contribution in [2.24, 2.45) is 0 Å². The molecule has 3 N–H and O–H groups in total. The minimum Gasteiger partial charge on any atom is -0.497 e. The van der Waals surface area contributed by atoms with Crippen LogP contribution in [0.25, 0.3) is 0 Å². The standard InChI is InChI=1S/C19H19Cl2N3O4S/c1-27-14-7-4-12(5-8-14)18(26)23-24-19(29)22-17(25)3-2-10-28-16-9-6-13(20)11-15(16)21/h4-9,11H,2-3,10H2,1H3,(H,23,26)(H2,22,24,25,29). The van der Waals surface area contributed by atoms with Crippen LogP contribution in [0.5, 0.6) is 11.5 Å². The van der Waals surface area contributed by atoms with E-state index in [9.17, 15) is 9.59 Å². The van der Waals surface area contributed by atoms with Crippen molar-refractivity contribution in [2.75, 3.05) is 13.7 Å². The number of hydrazine groups is 1. The van der Waals surface area contributed by atoms with Crippen molar-refractivity contribution in [3.63, 3.8) is 0 Å². The maximum absolute atomic E-state index is 12.0. The van der Waals surface area contributed by atoms with Gasteiger partial charge in [0.25, 0.3) is 5.91 Å². The van der Waals surface area contributed by atoms with E-state index in [1.54, 1.807) is 42.5 Å². The molecule has 0 saturated heterocycles. The summed E-state index contributed by atoms with van der Waals surface area (Å²) < 4.78 is 10.5. The number of hydrogen-bond donors (Lipinski definition) is 3. The third-order valence-electron chi connectivity index (χ3n) is 3.59. The minimum atomic E-state index is -0.405. The Balaban J connectivity index is 1.65. The van der Waals surface area contributed by atoms with Crippen molar-refractivity contribution in [1.29, 1.82) is 0 Å². The predicted octanol–water partition coefficient (Wildman–Crippen LogP) is 3.50. The molecule has 0 saturated carbocycles. The number of amides is 2. The fraction of sp³-hybridized carbons (Fsp3) is 0.211. The van der Waals surface area contributed by atoms with Gasteiger partial charge in [-0.15, -0.1) is 0 Å². The molecule has 0 radical (unpaired) electrons. The second-order valence-corrected chi connectivity index (χ2v) is 6.96. The van der Waals surface area contributed by atoms with Gasteiger partial charge in [-0.3, -0.25) is 20.4 Å². The number of rotatable bonds is 7. The largest absolute Gasteiger partial charge is 0.497 e. The number of hydrogen-bond acceptors (Lipinski definition) is 5. The molecule has 2 aromatic rings. The molecule has 0 aliphatic heterocycles. The van der Waals surface area contributed by atoms with E-state index in [0.29, 0.717) is 40.1 Å². The highest BCUT2D eigenvalue weighted by molar-refractivity contribution is 7.80. The van der Waals surface area contributed by atoms with Crippen molar-refractivity contribution in [2.45, 2.75) is 12.8 Å². The van der Waals surface area contributed by atoms with Crippen LogP contribution in [-0.4, -0.2) is 30.6 Å². The lowest BCUT2D eigenvalue weighted by atomic mass is 10.2. The molecule has 2 rings (SSSR count). The summed E-state index contributed by atoms with van der Waals surface area (Å²) in [7, 11) is 1.54. The summed E-state index contributed by atoms with van der Waals surface area (Å²) in [6, 6.07) is 11.4. The highest BCUT2D eigenvalue weighted by Gasteiger charge is 2.09. The lowest BCUT2D eigenvalue weighted by Crippen LogP contribution is -2.48. The number of nitrogens with one attached hydrogen (secondary N) is 3. The molecule has 0 atom stereocenters. The van der Waals surface area contributed by atoms with E-state index >= 15 is 0 Å². The number of thiocarbonyl (C=S) groups is 1. The first-order valence-corrected chi connectivity index (χ1v) is 9.67. The van der Waals surface area contributed by atoms with Crippen molar-refractivity contribution in [3.8, 4) is 11.5 Å². The summed E-state index contributed by atoms with van der Waals surface area (Å²) in [5.41, 5.74) is 5.29. The maximum Gasteiger partial charge on any atom is 0.269 e. The van der Waals surface area contributed by atoms with Crippen LogP contribution >= 0.6 is 35.4 Å². The van der Waals surface area contributed by atoms with E-state index in [4.69, 9.17) is 44.9 Å². The van der Waals surface area contributed by atoms with Crippen LogP contribution in [0.15, 0.2) is 42.5 Å². The van der Waals surface area contributed by atoms with Gasteiger partial charge in [-0.05, 0) is 61.1 Å². The number of carbonyl (C=O) groups is 2. The Morgan fingerprint density at radius 1 is 1.07 bits per heavy atom. The van der Waals surface area contributed by atoms with Gasteiger partial charge < -0.3 is 14.8 Å². The molecule has 0 fully saturated rings. The summed E-state index contributed by atoms with van der Waals surface area (Å²) in [5, 5.41) is 3.37. The van der Waals surface area contributed by atoms with E-state index in [-0.39, 0.29) is 17.4 Å². The molecule has 0 spiro atoms. The number of ether oxygens (including phenoxy) is 2. The van der Waals surface area contributed by atoms with E-state index in [0.717, 1.165) is 0 Å². The summed E-state index contributed by atoms with van der Waals surface area (Å²) in [6.07, 6.45) is 0.630. The summed E-state index contributed by atoms with van der Waals surface area (Å²) in [6.45, 7) is 0.295. The summed E-state index contributed by atoms with van der Waals surface area (Å²) >= 11 is 16.8. The molecule has 0 aliphatic carbocycles. The van der Waals surface area contributed by atoms with E-state index in [2.05, 4.69) is 16.2 Å². The second-order valence-electron chi connectivity index (χ2n) is 5.71. The van der Waals surface area contributed by atoms with E-state index in [1.807, 2.05) is 0 Å². The third-order valence-corrected chi connectivity index (χ3v) is 4.33. The highest BCUT2D eigenvalue weighted by atomic mass is 35.5. The third kappa shape index (κ3) is 7.77. The number of halogens is 2. The summed E-state index contributed by atoms with van der Waals surface area (Å²) in [5.74, 6) is 0.416. The Hall–Kier alpha value is -2.55. The molecule has 0 bridgehead atoms. The molecule has 10 heteroatoms. The Morgan fingerprint density at radius 3 is 2.45 bits per heavy atom. The molecule has 0 aliphatic rings. The average molecular weight is 456 g/mol. The van der Waals surface area contributed by atoms with Gasteiger partial charge in [0.2, 0.25) is 5.91 Å². The fourth-order valence-electron chi connectivity index (χ4n) is 2.16. The molecule has 0 heterocycles. The molecule has 154 valence electrons. The molecule has 2 amide bonds. The Labute approximate surface area is 183 Å². The molecule has 7 nitrogen and oxygen atoms in total. The Bertz CT molecular complexity index is 878. The highest BCUT2D eigenvalue weighted by Crippen LogP contribution is 2.27. The SMILES string of the molecule is COc1ccc(C(=O)NNC(=S)NC(=O)CCCOc2ccc(Cl)cc2Cl)cc1. The first-order valence-electron chi connectivity index (χ1n) is 8.51. The minimum absolute atomic E-state index is 0.0153. The lowest BCUT2D eigenvalue weighted by molar-refractivity contribution is -0.119. The van der Waals surface area contributed by atoms with E-state index < -0.39 is 5.91 Å². The summed E-state index contributed by atoms with van der Waals surface area (Å²) in [4.78, 5) is 23.9. The van der Waals surface area contributed by atoms with Gasteiger partial charge in [0.05, 0.1) is 18.7 Å². The zero-order chi connectivity index (χ0) is 21.2. The lowest BCUT2D eigenvalue weighted by Gasteiger charge is -2.11. The van der Waals surface area contributed by atoms with Crippen LogP contribution in [-0.2, 0) is 4.79 Å². The number of methoxy groups -OCH3 is 1.